The third-order valence-electron chi connectivity index (χ3n) is 11.3. The smallest absolute Gasteiger partial charge is 0.326 e. The van der Waals surface area contributed by atoms with Crippen LogP contribution in [0.5, 0.6) is 0 Å². The summed E-state index contributed by atoms with van der Waals surface area (Å²) in [5, 5.41) is -0.119. The SMILES string of the molecule is Cc1cn(-c2ccc3n(c2=O)CC(C)N(C(C)c2cc(Cl)cc(C(F)(F)F)c2)C3=O)cn1.Cc1cn(-c2ccc3n(c2=O)CC(C)N(C(C)c2cc(Cl)cc(C(F)(F)F)c2)C3=O)cn1. The van der Waals surface area contributed by atoms with E-state index in [4.69, 9.17) is 23.2 Å². The van der Waals surface area contributed by atoms with E-state index in [0.29, 0.717) is 11.4 Å². The third kappa shape index (κ3) is 8.85. The second-order valence-corrected chi connectivity index (χ2v) is 16.8. The number of halogens is 8. The van der Waals surface area contributed by atoms with Gasteiger partial charge in [-0.15, -0.1) is 0 Å². The minimum Gasteiger partial charge on any atom is -0.326 e. The van der Waals surface area contributed by atoms with Crippen molar-refractivity contribution in [2.75, 3.05) is 0 Å². The molecule has 0 spiro atoms. The molecule has 2 aromatic carbocycles. The molecule has 8 rings (SSSR count). The third-order valence-corrected chi connectivity index (χ3v) is 11.8. The van der Waals surface area contributed by atoms with Crippen LogP contribution >= 0.6 is 23.2 Å². The van der Waals surface area contributed by atoms with Crippen LogP contribution in [0.4, 0.5) is 26.3 Å². The van der Waals surface area contributed by atoms with Crippen molar-refractivity contribution in [1.82, 2.24) is 38.0 Å². The van der Waals surface area contributed by atoms with Crippen molar-refractivity contribution in [2.24, 2.45) is 0 Å². The van der Waals surface area contributed by atoms with E-state index in [-0.39, 0.29) is 56.8 Å². The summed E-state index contributed by atoms with van der Waals surface area (Å²) in [4.78, 5) is 64.0. The average Bonchev–Trinajstić information content (AvgIpc) is 3.85. The lowest BCUT2D eigenvalue weighted by Gasteiger charge is -2.39. The number of amides is 2. The Balaban J connectivity index is 0.000000191. The maximum absolute atomic E-state index is 13.3. The Morgan fingerprint density at radius 2 is 0.953 bits per heavy atom. The molecule has 4 unspecified atom stereocenters. The van der Waals surface area contributed by atoms with Gasteiger partial charge in [-0.25, -0.2) is 9.97 Å². The number of nitrogens with zero attached hydrogens (tertiary/aromatic N) is 8. The summed E-state index contributed by atoms with van der Waals surface area (Å²) in [5.41, 5.74) is 0.689. The van der Waals surface area contributed by atoms with Gasteiger partial charge in [0.15, 0.2) is 0 Å². The number of aryl methyl sites for hydroxylation is 2. The summed E-state index contributed by atoms with van der Waals surface area (Å²) in [6, 6.07) is 10.5. The molecule has 0 bridgehead atoms. The first kappa shape index (κ1) is 45.9. The second kappa shape index (κ2) is 17.1. The summed E-state index contributed by atoms with van der Waals surface area (Å²) in [6.45, 7) is 10.8. The molecule has 20 heteroatoms. The molecule has 0 N–H and O–H groups in total. The lowest BCUT2D eigenvalue weighted by atomic mass is 10.00. The number of carbonyl (C=O) groups is 2. The largest absolute Gasteiger partial charge is 0.416 e. The molecule has 64 heavy (non-hydrogen) atoms. The van der Waals surface area contributed by atoms with Crippen molar-refractivity contribution in [2.45, 2.75) is 91.2 Å². The highest BCUT2D eigenvalue weighted by Crippen LogP contribution is 2.38. The van der Waals surface area contributed by atoms with Gasteiger partial charge in [-0.05, 0) is 113 Å². The fourth-order valence-corrected chi connectivity index (χ4v) is 8.70. The van der Waals surface area contributed by atoms with Gasteiger partial charge in [-0.1, -0.05) is 23.2 Å². The first-order valence-corrected chi connectivity index (χ1v) is 20.6. The lowest BCUT2D eigenvalue weighted by Crippen LogP contribution is -2.50. The molecule has 0 fully saturated rings. The topological polar surface area (TPSA) is 120 Å². The number of pyridine rings is 2. The molecule has 0 aliphatic carbocycles. The van der Waals surface area contributed by atoms with Gasteiger partial charge < -0.3 is 28.1 Å². The highest BCUT2D eigenvalue weighted by atomic mass is 35.5. The van der Waals surface area contributed by atoms with Gasteiger partial charge in [-0.3, -0.25) is 19.2 Å². The summed E-state index contributed by atoms with van der Waals surface area (Å²) >= 11 is 11.9. The predicted molar refractivity (Wildman–Crippen MR) is 226 cm³/mol. The Morgan fingerprint density at radius 3 is 1.27 bits per heavy atom. The minimum atomic E-state index is -4.56. The molecule has 336 valence electrons. The molecule has 2 amide bonds. The van der Waals surface area contributed by atoms with Gasteiger partial charge in [0.05, 0.1) is 47.3 Å². The van der Waals surface area contributed by atoms with Crippen molar-refractivity contribution in [3.8, 4) is 11.4 Å². The molecule has 6 aromatic rings. The number of rotatable bonds is 6. The molecule has 0 saturated heterocycles. The Labute approximate surface area is 371 Å². The monoisotopic (exact) mass is 928 g/mol. The summed E-state index contributed by atoms with van der Waals surface area (Å²) in [7, 11) is 0. The van der Waals surface area contributed by atoms with Crippen molar-refractivity contribution in [3.63, 3.8) is 0 Å². The van der Waals surface area contributed by atoms with E-state index in [0.717, 1.165) is 35.7 Å². The van der Waals surface area contributed by atoms with Crippen LogP contribution in [0.3, 0.4) is 0 Å². The van der Waals surface area contributed by atoms with Crippen LogP contribution in [0.15, 0.2) is 95.3 Å². The van der Waals surface area contributed by atoms with Crippen molar-refractivity contribution in [1.29, 1.82) is 0 Å². The van der Waals surface area contributed by atoms with E-state index in [2.05, 4.69) is 9.97 Å². The number of hydrogen-bond acceptors (Lipinski definition) is 6. The van der Waals surface area contributed by atoms with Crippen molar-refractivity contribution >= 4 is 35.0 Å². The minimum absolute atomic E-state index is 0.0596. The Hall–Kier alpha value is -6.14. The van der Waals surface area contributed by atoms with Crippen LogP contribution in [0, 0.1) is 13.8 Å². The molecule has 12 nitrogen and oxygen atoms in total. The quantitative estimate of drug-likeness (QED) is 0.154. The maximum Gasteiger partial charge on any atom is 0.416 e. The number of hydrogen-bond donors (Lipinski definition) is 0. The Kier molecular flexibility index (Phi) is 12.3. The van der Waals surface area contributed by atoms with Gasteiger partial charge in [0, 0.05) is 47.6 Å². The van der Waals surface area contributed by atoms with Crippen LogP contribution < -0.4 is 11.1 Å². The van der Waals surface area contributed by atoms with E-state index in [1.807, 2.05) is 0 Å². The van der Waals surface area contributed by atoms with Crippen LogP contribution in [0.2, 0.25) is 10.0 Å². The van der Waals surface area contributed by atoms with Crippen molar-refractivity contribution in [3.05, 3.63) is 161 Å². The lowest BCUT2D eigenvalue weighted by molar-refractivity contribution is -0.138. The molecule has 0 saturated carbocycles. The standard InChI is InChI=1S/2C22H20ClF3N4O2/c2*1-12-9-28(11-27-12)18-4-5-19-21(32)30(13(2)10-29(19)20(18)31)14(3)15-6-16(22(24,25)26)8-17(23)7-15/h2*4-9,11,13-14H,10H2,1-3H3. The van der Waals surface area contributed by atoms with Crippen LogP contribution in [-0.4, -0.2) is 61.9 Å². The number of imidazole rings is 2. The van der Waals surface area contributed by atoms with E-state index in [1.165, 1.54) is 43.7 Å². The molecule has 2 aliphatic heterocycles. The van der Waals surface area contributed by atoms with E-state index >= 15 is 0 Å². The second-order valence-electron chi connectivity index (χ2n) is 15.9. The van der Waals surface area contributed by atoms with Gasteiger partial charge in [-0.2, -0.15) is 26.3 Å². The van der Waals surface area contributed by atoms with E-state index in [9.17, 15) is 45.5 Å². The first-order chi connectivity index (χ1) is 29.9. The first-order valence-electron chi connectivity index (χ1n) is 19.8. The normalized spacial score (nSPS) is 17.4. The fraction of sp³-hybridized carbons (Fsp3) is 0.318. The Morgan fingerprint density at radius 1 is 0.594 bits per heavy atom. The molecular formula is C44H40Cl2F6N8O4. The summed E-state index contributed by atoms with van der Waals surface area (Å²) in [5.74, 6) is -0.870. The molecule has 4 aromatic heterocycles. The van der Waals surface area contributed by atoms with Crippen molar-refractivity contribution < 1.29 is 35.9 Å². The molecule has 0 radical (unpaired) electrons. The van der Waals surface area contributed by atoms with Gasteiger partial charge >= 0.3 is 12.4 Å². The Bertz CT molecular complexity index is 2720. The van der Waals surface area contributed by atoms with Crippen LogP contribution in [0.25, 0.3) is 11.4 Å². The number of fused-ring (bicyclic) bond motifs is 2. The van der Waals surface area contributed by atoms with Gasteiger partial charge in [0.25, 0.3) is 22.9 Å². The summed E-state index contributed by atoms with van der Waals surface area (Å²) < 4.78 is 85.5. The zero-order valence-electron chi connectivity index (χ0n) is 35.0. The molecule has 4 atom stereocenters. The zero-order valence-corrected chi connectivity index (χ0v) is 36.6. The van der Waals surface area contributed by atoms with Crippen LogP contribution in [0.1, 0.15) is 94.4 Å². The number of alkyl halides is 6. The molecule has 6 heterocycles. The van der Waals surface area contributed by atoms with E-state index in [1.54, 1.807) is 87.3 Å². The van der Waals surface area contributed by atoms with Gasteiger partial charge in [0.2, 0.25) is 0 Å². The zero-order chi connectivity index (χ0) is 46.7. The average molecular weight is 930 g/mol. The fourth-order valence-electron chi connectivity index (χ4n) is 8.21. The van der Waals surface area contributed by atoms with Gasteiger partial charge in [0.1, 0.15) is 22.8 Å². The molecule has 2 aliphatic rings. The maximum atomic E-state index is 13.3. The highest BCUT2D eigenvalue weighted by molar-refractivity contribution is 6.31. The number of carbonyl (C=O) groups excluding carboxylic acids is 2. The van der Waals surface area contributed by atoms with E-state index < -0.39 is 59.5 Å². The summed E-state index contributed by atoms with van der Waals surface area (Å²) in [6.07, 6.45) is -2.64. The van der Waals surface area contributed by atoms with Crippen LogP contribution in [-0.2, 0) is 25.4 Å². The number of benzene rings is 2. The molecular weight excluding hydrogens is 889 g/mol. The highest BCUT2D eigenvalue weighted by Gasteiger charge is 2.39. The predicted octanol–water partition coefficient (Wildman–Crippen LogP) is 9.24. The number of aromatic nitrogens is 6.